The molecule has 18 heteroatoms. The van der Waals surface area contributed by atoms with Crippen LogP contribution in [0, 0.1) is 22.7 Å². The van der Waals surface area contributed by atoms with Crippen molar-refractivity contribution in [3.05, 3.63) is 82.9 Å². The number of methoxy groups -OCH3 is 1. The minimum atomic E-state index is -2.33. The molecule has 1 amide bonds. The third-order valence-electron chi connectivity index (χ3n) is 14.3. The lowest BCUT2D eigenvalue weighted by molar-refractivity contribution is -0.347. The average molecular weight is 980 g/mol. The van der Waals surface area contributed by atoms with E-state index in [0.717, 1.165) is 6.42 Å². The molecule has 3 fully saturated rings. The molecule has 2 bridgehead atoms. The van der Waals surface area contributed by atoms with Gasteiger partial charge in [-0.1, -0.05) is 69.3 Å². The van der Waals surface area contributed by atoms with E-state index in [1.165, 1.54) is 26.2 Å². The van der Waals surface area contributed by atoms with Crippen molar-refractivity contribution in [2.45, 2.75) is 135 Å². The zero-order chi connectivity index (χ0) is 51.4. The van der Waals surface area contributed by atoms with Crippen molar-refractivity contribution in [2.24, 2.45) is 22.7 Å². The molecule has 1 saturated heterocycles. The van der Waals surface area contributed by atoms with E-state index < -0.39 is 131 Å². The summed E-state index contributed by atoms with van der Waals surface area (Å²) in [5.41, 5.74) is -7.40. The molecule has 0 spiro atoms. The Morgan fingerprint density at radius 3 is 2.14 bits per heavy atom. The molecule has 2 aromatic rings. The Balaban J connectivity index is 1.51. The number of alkyl carbamates (subject to hydrolysis) is 1. The number of carbonyl (C=O) groups is 6. The van der Waals surface area contributed by atoms with E-state index in [4.69, 9.17) is 42.6 Å². The van der Waals surface area contributed by atoms with Gasteiger partial charge in [-0.05, 0) is 69.9 Å². The van der Waals surface area contributed by atoms with Gasteiger partial charge in [0.25, 0.3) is 0 Å². The summed E-state index contributed by atoms with van der Waals surface area (Å²) >= 11 is 0. The Hall–Kier alpha value is -5.24. The van der Waals surface area contributed by atoms with Crippen LogP contribution in [-0.2, 0) is 61.8 Å². The van der Waals surface area contributed by atoms with Gasteiger partial charge in [0.15, 0.2) is 11.4 Å². The highest BCUT2D eigenvalue weighted by molar-refractivity contribution is 5.93. The monoisotopic (exact) mass is 979 g/mol. The first-order valence-electron chi connectivity index (χ1n) is 23.8. The first-order chi connectivity index (χ1) is 33.0. The van der Waals surface area contributed by atoms with Crippen LogP contribution in [0.15, 0.2) is 71.8 Å². The highest BCUT2D eigenvalue weighted by Gasteiger charge is 2.78. The van der Waals surface area contributed by atoms with Crippen LogP contribution < -0.4 is 5.32 Å². The Kier molecular flexibility index (Phi) is 16.7. The Bertz CT molecular complexity index is 2260. The number of rotatable bonds is 18. The summed E-state index contributed by atoms with van der Waals surface area (Å²) in [4.78, 5) is 85.7. The fraction of sp³-hybridized carbons (Fsp3) is 0.615. The second kappa shape index (κ2) is 21.6. The maximum atomic E-state index is 15.7. The van der Waals surface area contributed by atoms with Crippen molar-refractivity contribution in [1.82, 2.24) is 5.32 Å². The number of hydrogen-bond donors (Lipinski definition) is 3. The SMILES string of the molecule is CCCOCCOCC(=O)O[C@@H](C(=O)O[C@H]1C[C@@]2(O)[C@@H](OC(=O)c3ccccc3)[C@@H]3[C@]4(OC(C)=O)CO[C@@H]4CC(OC)[C@@]3(C)C(=O)[C@H](CO)C(=C1C)C2(C)C)[C@@H](NC(=O)OC(C)(C)C)c1ccccc1. The maximum Gasteiger partial charge on any atom is 0.408 e. The van der Waals surface area contributed by atoms with Crippen LogP contribution in [0.25, 0.3) is 0 Å². The summed E-state index contributed by atoms with van der Waals surface area (Å²) in [6.45, 7) is 13.7. The molecule has 6 rings (SSSR count). The molecule has 1 aliphatic heterocycles. The fourth-order valence-corrected chi connectivity index (χ4v) is 11.1. The number of aliphatic hydroxyl groups excluding tert-OH is 1. The van der Waals surface area contributed by atoms with Gasteiger partial charge in [-0.3, -0.25) is 9.59 Å². The lowest BCUT2D eigenvalue weighted by Crippen LogP contribution is -2.81. The van der Waals surface area contributed by atoms with Crippen molar-refractivity contribution in [1.29, 1.82) is 0 Å². The molecule has 11 atom stereocenters. The second-order valence-corrected chi connectivity index (χ2v) is 20.2. The quantitative estimate of drug-likeness (QED) is 0.0757. The molecule has 0 radical (unpaired) electrons. The largest absolute Gasteiger partial charge is 0.455 e. The van der Waals surface area contributed by atoms with Gasteiger partial charge in [-0.25, -0.2) is 19.2 Å². The molecule has 3 N–H and O–H groups in total. The lowest BCUT2D eigenvalue weighted by Gasteiger charge is -2.68. The minimum absolute atomic E-state index is 0.0310. The van der Waals surface area contributed by atoms with E-state index in [9.17, 15) is 29.4 Å². The van der Waals surface area contributed by atoms with Gasteiger partial charge in [-0.15, -0.1) is 0 Å². The number of amides is 1. The highest BCUT2D eigenvalue weighted by atomic mass is 16.6. The van der Waals surface area contributed by atoms with E-state index >= 15 is 9.59 Å². The highest BCUT2D eigenvalue weighted by Crippen LogP contribution is 2.65. The van der Waals surface area contributed by atoms with Gasteiger partial charge in [0.05, 0.1) is 55.3 Å². The van der Waals surface area contributed by atoms with E-state index in [-0.39, 0.29) is 43.0 Å². The topological polar surface area (TPSA) is 238 Å². The third kappa shape index (κ3) is 10.5. The summed E-state index contributed by atoms with van der Waals surface area (Å²) in [7, 11) is 1.41. The van der Waals surface area contributed by atoms with Crippen LogP contribution >= 0.6 is 0 Å². The van der Waals surface area contributed by atoms with Crippen LogP contribution in [0.1, 0.15) is 104 Å². The molecule has 3 aliphatic carbocycles. The number of carbonyl (C=O) groups excluding carboxylic acids is 6. The summed E-state index contributed by atoms with van der Waals surface area (Å²) in [5, 5.41) is 28.1. The Morgan fingerprint density at radius 2 is 1.57 bits per heavy atom. The van der Waals surface area contributed by atoms with Gasteiger partial charge < -0.3 is 58.2 Å². The van der Waals surface area contributed by atoms with Crippen molar-refractivity contribution >= 4 is 35.8 Å². The van der Waals surface area contributed by atoms with E-state index in [2.05, 4.69) is 5.32 Å². The van der Waals surface area contributed by atoms with E-state index in [0.29, 0.717) is 12.2 Å². The number of esters is 4. The molecular formula is C52H69NO17. The van der Waals surface area contributed by atoms with Gasteiger partial charge in [-0.2, -0.15) is 0 Å². The normalized spacial score (nSPS) is 29.9. The van der Waals surface area contributed by atoms with Crippen LogP contribution in [-0.4, -0.2) is 140 Å². The molecule has 18 nitrogen and oxygen atoms in total. The predicted molar refractivity (Wildman–Crippen MR) is 249 cm³/mol. The van der Waals surface area contributed by atoms with Crippen LogP contribution in [0.3, 0.4) is 0 Å². The summed E-state index contributed by atoms with van der Waals surface area (Å²) in [6.07, 6.45) is -7.62. The molecule has 70 heavy (non-hydrogen) atoms. The number of ether oxygens (including phenoxy) is 9. The van der Waals surface area contributed by atoms with Gasteiger partial charge in [0, 0.05) is 38.9 Å². The van der Waals surface area contributed by atoms with Crippen molar-refractivity contribution < 1.29 is 81.6 Å². The lowest BCUT2D eigenvalue weighted by atomic mass is 9.43. The minimum Gasteiger partial charge on any atom is -0.455 e. The van der Waals surface area contributed by atoms with Crippen LogP contribution in [0.5, 0.6) is 0 Å². The molecule has 1 heterocycles. The first kappa shape index (κ1) is 54.1. The molecule has 384 valence electrons. The number of aliphatic hydroxyl groups is 2. The van der Waals surface area contributed by atoms with Crippen LogP contribution in [0.2, 0.25) is 0 Å². The van der Waals surface area contributed by atoms with Crippen molar-refractivity contribution in [2.75, 3.05) is 46.8 Å². The maximum absolute atomic E-state index is 15.7. The first-order valence-corrected chi connectivity index (χ1v) is 23.8. The van der Waals surface area contributed by atoms with Gasteiger partial charge in [0.2, 0.25) is 6.10 Å². The van der Waals surface area contributed by atoms with Crippen molar-refractivity contribution in [3.8, 4) is 0 Å². The zero-order valence-electron chi connectivity index (χ0n) is 41.8. The number of nitrogens with one attached hydrogen (secondary N) is 1. The second-order valence-electron chi connectivity index (χ2n) is 20.2. The van der Waals surface area contributed by atoms with E-state index in [1.54, 1.807) is 97.0 Å². The predicted octanol–water partition coefficient (Wildman–Crippen LogP) is 5.16. The average Bonchev–Trinajstić information content (AvgIpc) is 3.30. The van der Waals surface area contributed by atoms with Gasteiger partial charge >= 0.3 is 30.0 Å². The molecule has 0 aromatic heterocycles. The third-order valence-corrected chi connectivity index (χ3v) is 14.3. The molecule has 1 unspecified atom stereocenters. The summed E-state index contributed by atoms with van der Waals surface area (Å²) in [5.74, 6) is -7.15. The molecule has 4 aliphatic rings. The molecule has 2 saturated carbocycles. The van der Waals surface area contributed by atoms with Crippen molar-refractivity contribution in [3.63, 3.8) is 0 Å². The fourth-order valence-electron chi connectivity index (χ4n) is 11.1. The number of benzene rings is 2. The van der Waals surface area contributed by atoms with E-state index in [1.807, 2.05) is 6.92 Å². The van der Waals surface area contributed by atoms with Crippen LogP contribution in [0.4, 0.5) is 4.79 Å². The zero-order valence-corrected chi connectivity index (χ0v) is 41.8. The number of Topliss-reactive ketones (excluding diaryl/α,β-unsaturated/α-hetero) is 1. The molecular weight excluding hydrogens is 911 g/mol. The van der Waals surface area contributed by atoms with Gasteiger partial charge in [0.1, 0.15) is 42.2 Å². The summed E-state index contributed by atoms with van der Waals surface area (Å²) < 4.78 is 53.7. The summed E-state index contributed by atoms with van der Waals surface area (Å²) in [6, 6.07) is 14.8. The Morgan fingerprint density at radius 1 is 0.929 bits per heavy atom. The molecule has 2 aromatic carbocycles. The number of ketones is 1. The smallest absolute Gasteiger partial charge is 0.408 e. The number of fused-ring (bicyclic) bond motifs is 5. The standard InChI is InChI=1S/C52H69NO17/c1-11-22-63-23-24-64-28-38(56)67-41(40(32-18-14-12-15-19-32)53-47(60)70-48(4,5)6)46(59)66-35-26-52(61)44(68-45(58)33-20-16-13-17-21-33)42-50(9,43(57)34(27-54)39(30(35)2)49(52,7)8)36(62-10)25-37-51(42,29-65-37)69-31(3)55/h12-21,34-37,40-42,44,54,61H,11,22-29H2,1-10H3,(H,53,60)/t34-,35+,36?,37-,40+,41-,42+,44+,50-,51+,52-/m1/s1. The number of hydrogen-bond acceptors (Lipinski definition) is 17. The Labute approximate surface area is 409 Å².